The van der Waals surface area contributed by atoms with Crippen molar-refractivity contribution in [2.75, 3.05) is 6.54 Å². The van der Waals surface area contributed by atoms with Crippen molar-refractivity contribution >= 4 is 15.9 Å². The van der Waals surface area contributed by atoms with E-state index in [1.165, 1.54) is 31.7 Å². The van der Waals surface area contributed by atoms with Gasteiger partial charge in [0.2, 0.25) is 10.0 Å². The van der Waals surface area contributed by atoms with Crippen LogP contribution in [-0.4, -0.2) is 20.9 Å². The van der Waals surface area contributed by atoms with E-state index in [1.807, 2.05) is 0 Å². The second kappa shape index (κ2) is 6.79. The Morgan fingerprint density at radius 2 is 1.86 bits per heavy atom. The number of carbonyl (C=O) groups excluding carboxylic acids is 1. The molecule has 1 amide bonds. The van der Waals surface area contributed by atoms with Crippen molar-refractivity contribution in [2.45, 2.75) is 50.8 Å². The number of nitrogens with one attached hydrogen (secondary N) is 1. The summed E-state index contributed by atoms with van der Waals surface area (Å²) in [5.41, 5.74) is 1.69. The molecule has 3 N–H and O–H groups in total. The lowest BCUT2D eigenvalue weighted by Gasteiger charge is -2.13. The molecule has 1 fully saturated rings. The summed E-state index contributed by atoms with van der Waals surface area (Å²) in [6.07, 6.45) is 6.05. The van der Waals surface area contributed by atoms with Crippen LogP contribution >= 0.6 is 0 Å². The molecule has 22 heavy (non-hydrogen) atoms. The summed E-state index contributed by atoms with van der Waals surface area (Å²) in [5, 5.41) is 8.09. The number of hydrogen-bond donors (Lipinski definition) is 2. The van der Waals surface area contributed by atoms with Crippen LogP contribution in [0.25, 0.3) is 0 Å². The molecule has 0 aliphatic heterocycles. The second-order valence-corrected chi connectivity index (χ2v) is 7.70. The maximum absolute atomic E-state index is 12.3. The predicted octanol–water partition coefficient (Wildman–Crippen LogP) is 2.26. The fraction of sp³-hybridized carbons (Fsp3) is 0.562. The molecule has 0 heterocycles. The van der Waals surface area contributed by atoms with E-state index in [9.17, 15) is 13.2 Å². The minimum absolute atomic E-state index is 0.0130. The van der Waals surface area contributed by atoms with Crippen LogP contribution in [0.1, 0.15) is 53.6 Å². The molecule has 0 saturated heterocycles. The third-order valence-corrected chi connectivity index (χ3v) is 5.44. The van der Waals surface area contributed by atoms with Gasteiger partial charge in [-0.15, -0.1) is 0 Å². The van der Waals surface area contributed by atoms with Crippen LogP contribution in [0.4, 0.5) is 0 Å². The number of benzene rings is 1. The van der Waals surface area contributed by atoms with Gasteiger partial charge in [0.05, 0.1) is 4.90 Å². The Kier molecular flexibility index (Phi) is 5.24. The Morgan fingerprint density at radius 1 is 1.23 bits per heavy atom. The average molecular weight is 324 g/mol. The van der Waals surface area contributed by atoms with E-state index in [1.54, 1.807) is 19.9 Å². The quantitative estimate of drug-likeness (QED) is 0.870. The molecule has 2 rings (SSSR count). The van der Waals surface area contributed by atoms with Crippen molar-refractivity contribution in [1.29, 1.82) is 0 Å². The predicted molar refractivity (Wildman–Crippen MR) is 86.2 cm³/mol. The molecule has 1 saturated carbocycles. The Morgan fingerprint density at radius 3 is 2.45 bits per heavy atom. The van der Waals surface area contributed by atoms with Crippen molar-refractivity contribution in [3.63, 3.8) is 0 Å². The summed E-state index contributed by atoms with van der Waals surface area (Å²) in [6, 6.07) is 3.07. The van der Waals surface area contributed by atoms with Crippen LogP contribution in [0.5, 0.6) is 0 Å². The molecule has 0 spiro atoms. The highest BCUT2D eigenvalue weighted by atomic mass is 32.2. The number of rotatable bonds is 5. The summed E-state index contributed by atoms with van der Waals surface area (Å²) >= 11 is 0. The van der Waals surface area contributed by atoms with Gasteiger partial charge >= 0.3 is 0 Å². The Balaban J connectivity index is 2.08. The van der Waals surface area contributed by atoms with Gasteiger partial charge in [0.1, 0.15) is 0 Å². The zero-order valence-corrected chi connectivity index (χ0v) is 14.0. The lowest BCUT2D eigenvalue weighted by molar-refractivity contribution is 0.0950. The van der Waals surface area contributed by atoms with E-state index in [0.29, 0.717) is 23.6 Å². The summed E-state index contributed by atoms with van der Waals surface area (Å²) < 4.78 is 23.1. The van der Waals surface area contributed by atoms with E-state index >= 15 is 0 Å². The zero-order chi connectivity index (χ0) is 16.3. The molecule has 5 nitrogen and oxygen atoms in total. The number of aryl methyl sites for hydroxylation is 2. The zero-order valence-electron chi connectivity index (χ0n) is 13.2. The molecule has 0 aromatic heterocycles. The standard InChI is InChI=1S/C16H24N2O3S/c1-11-9-12(2)15(22(17,20)21)10-14(11)16(19)18-8-7-13-5-3-4-6-13/h9-10,13H,3-8H2,1-2H3,(H,18,19)(H2,17,20,21). The first-order valence-corrected chi connectivity index (χ1v) is 9.26. The topological polar surface area (TPSA) is 89.3 Å². The van der Waals surface area contributed by atoms with Crippen molar-refractivity contribution in [3.05, 3.63) is 28.8 Å². The van der Waals surface area contributed by atoms with Crippen molar-refractivity contribution in [2.24, 2.45) is 11.1 Å². The van der Waals surface area contributed by atoms with Crippen LogP contribution in [0.15, 0.2) is 17.0 Å². The number of sulfonamides is 1. The van der Waals surface area contributed by atoms with Crippen LogP contribution in [0.2, 0.25) is 0 Å². The van der Waals surface area contributed by atoms with Gasteiger partial charge < -0.3 is 5.32 Å². The highest BCUT2D eigenvalue weighted by Gasteiger charge is 2.19. The Hall–Kier alpha value is -1.40. The molecule has 1 aromatic carbocycles. The molecule has 0 radical (unpaired) electrons. The molecule has 1 aliphatic rings. The second-order valence-electron chi connectivity index (χ2n) is 6.17. The molecule has 1 aromatic rings. The lowest BCUT2D eigenvalue weighted by atomic mass is 10.0. The fourth-order valence-electron chi connectivity index (χ4n) is 3.17. The number of amides is 1. The number of nitrogens with two attached hydrogens (primary N) is 1. The summed E-state index contributed by atoms with van der Waals surface area (Å²) in [5.74, 6) is 0.472. The minimum atomic E-state index is -3.82. The highest BCUT2D eigenvalue weighted by Crippen LogP contribution is 2.27. The van der Waals surface area contributed by atoms with Gasteiger partial charge in [0.25, 0.3) is 5.91 Å². The van der Waals surface area contributed by atoms with Gasteiger partial charge in [-0.3, -0.25) is 4.79 Å². The first-order valence-electron chi connectivity index (χ1n) is 7.71. The molecule has 0 atom stereocenters. The van der Waals surface area contributed by atoms with Crippen LogP contribution < -0.4 is 10.5 Å². The minimum Gasteiger partial charge on any atom is -0.352 e. The fourth-order valence-corrected chi connectivity index (χ4v) is 3.96. The third kappa shape index (κ3) is 4.08. The average Bonchev–Trinajstić information content (AvgIpc) is 2.90. The molecule has 6 heteroatoms. The molecule has 122 valence electrons. The lowest BCUT2D eigenvalue weighted by Crippen LogP contribution is -2.27. The Bertz CT molecular complexity index is 662. The normalized spacial score (nSPS) is 16.0. The number of primary sulfonamides is 1. The summed E-state index contributed by atoms with van der Waals surface area (Å²) in [6.45, 7) is 4.10. The molecular weight excluding hydrogens is 300 g/mol. The van der Waals surface area contributed by atoms with Gasteiger partial charge in [-0.2, -0.15) is 0 Å². The van der Waals surface area contributed by atoms with Gasteiger partial charge in [-0.1, -0.05) is 31.7 Å². The first kappa shape index (κ1) is 17.0. The van der Waals surface area contributed by atoms with Gasteiger partial charge in [0.15, 0.2) is 0 Å². The molecule has 0 bridgehead atoms. The van der Waals surface area contributed by atoms with Gasteiger partial charge in [0, 0.05) is 12.1 Å². The van der Waals surface area contributed by atoms with Crippen molar-refractivity contribution in [3.8, 4) is 0 Å². The summed E-state index contributed by atoms with van der Waals surface area (Å²) in [4.78, 5) is 12.3. The van der Waals surface area contributed by atoms with Crippen molar-refractivity contribution in [1.82, 2.24) is 5.32 Å². The van der Waals surface area contributed by atoms with Crippen molar-refractivity contribution < 1.29 is 13.2 Å². The van der Waals surface area contributed by atoms with E-state index in [-0.39, 0.29) is 10.8 Å². The monoisotopic (exact) mass is 324 g/mol. The largest absolute Gasteiger partial charge is 0.352 e. The first-order chi connectivity index (χ1) is 10.3. The maximum atomic E-state index is 12.3. The third-order valence-electron chi connectivity index (χ3n) is 4.39. The van der Waals surface area contributed by atoms with E-state index in [2.05, 4.69) is 5.32 Å². The maximum Gasteiger partial charge on any atom is 0.251 e. The molecule has 1 aliphatic carbocycles. The van der Waals surface area contributed by atoms with Gasteiger partial charge in [-0.05, 0) is 43.4 Å². The smallest absolute Gasteiger partial charge is 0.251 e. The van der Waals surface area contributed by atoms with E-state index in [4.69, 9.17) is 5.14 Å². The van der Waals surface area contributed by atoms with E-state index in [0.717, 1.165) is 12.0 Å². The Labute approximate surface area is 132 Å². The summed E-state index contributed by atoms with van der Waals surface area (Å²) in [7, 11) is -3.82. The van der Waals surface area contributed by atoms with E-state index < -0.39 is 10.0 Å². The highest BCUT2D eigenvalue weighted by molar-refractivity contribution is 7.89. The number of carbonyl (C=O) groups is 1. The van der Waals surface area contributed by atoms with Gasteiger partial charge in [-0.25, -0.2) is 13.6 Å². The number of hydrogen-bond acceptors (Lipinski definition) is 3. The van der Waals surface area contributed by atoms with Crippen LogP contribution in [0.3, 0.4) is 0 Å². The molecular formula is C16H24N2O3S. The molecule has 0 unspecified atom stereocenters. The SMILES string of the molecule is Cc1cc(C)c(S(N)(=O)=O)cc1C(=O)NCCC1CCCC1. The van der Waals surface area contributed by atoms with Crippen LogP contribution in [0, 0.1) is 19.8 Å². The van der Waals surface area contributed by atoms with Crippen LogP contribution in [-0.2, 0) is 10.0 Å².